The van der Waals surface area contributed by atoms with Crippen LogP contribution >= 0.6 is 0 Å². The minimum Gasteiger partial charge on any atom is -0.428 e. The second-order valence-corrected chi connectivity index (χ2v) is 4.23. The second-order valence-electron chi connectivity index (χ2n) is 4.23. The largest absolute Gasteiger partial charge is 0.428 e. The lowest BCUT2D eigenvalue weighted by atomic mass is 9.97. The molecule has 0 fully saturated rings. The van der Waals surface area contributed by atoms with E-state index in [4.69, 9.17) is 4.74 Å². The van der Waals surface area contributed by atoms with Gasteiger partial charge in [-0.3, -0.25) is 14.4 Å². The lowest BCUT2D eigenvalue weighted by Crippen LogP contribution is -2.35. The fourth-order valence-electron chi connectivity index (χ4n) is 1.79. The molecule has 0 unspecified atom stereocenters. The number of amides is 1. The van der Waals surface area contributed by atoms with Crippen LogP contribution in [0.25, 0.3) is 0 Å². The summed E-state index contributed by atoms with van der Waals surface area (Å²) in [6, 6.07) is -0.393. The number of carbonyl (C=O) groups excluding carboxylic acids is 3. The summed E-state index contributed by atoms with van der Waals surface area (Å²) >= 11 is 0. The van der Waals surface area contributed by atoms with Crippen molar-refractivity contribution in [3.05, 3.63) is 11.3 Å². The molecule has 1 rings (SSSR count). The van der Waals surface area contributed by atoms with E-state index < -0.39 is 17.9 Å². The molecule has 0 aromatic heterocycles. The van der Waals surface area contributed by atoms with Crippen molar-refractivity contribution in [3.8, 4) is 0 Å². The molecule has 0 bridgehead atoms. The highest BCUT2D eigenvalue weighted by molar-refractivity contribution is 6.20. The molecule has 94 valence electrons. The summed E-state index contributed by atoms with van der Waals surface area (Å²) in [7, 11) is 0. The normalized spacial score (nSPS) is 21.2. The summed E-state index contributed by atoms with van der Waals surface area (Å²) in [5.74, 6) is -1.10. The topological polar surface area (TPSA) is 72.5 Å². The van der Waals surface area contributed by atoms with Crippen LogP contribution in [0, 0.1) is 5.92 Å². The Kier molecular flexibility index (Phi) is 4.04. The molecule has 0 saturated heterocycles. The first kappa shape index (κ1) is 13.4. The van der Waals surface area contributed by atoms with Crippen molar-refractivity contribution in [3.63, 3.8) is 0 Å². The zero-order valence-corrected chi connectivity index (χ0v) is 10.5. The average Bonchev–Trinajstić information content (AvgIpc) is 2.53. The van der Waals surface area contributed by atoms with Gasteiger partial charge >= 0.3 is 5.97 Å². The SMILES string of the molecule is CC[C@H](C)[C@@H]1NC(=O)C(C(C)=O)=C1OC(C)=O. The Bertz CT molecular complexity index is 397. The molecule has 0 saturated carbocycles. The molecule has 0 aliphatic carbocycles. The van der Waals surface area contributed by atoms with Crippen molar-refractivity contribution in [2.45, 2.75) is 40.2 Å². The van der Waals surface area contributed by atoms with E-state index in [0.29, 0.717) is 0 Å². The summed E-state index contributed by atoms with van der Waals surface area (Å²) < 4.78 is 5.03. The van der Waals surface area contributed by atoms with Crippen LogP contribution in [0.4, 0.5) is 0 Å². The molecular formula is C12H17NO4. The van der Waals surface area contributed by atoms with Crippen molar-refractivity contribution >= 4 is 17.7 Å². The Morgan fingerprint density at radius 2 is 2.00 bits per heavy atom. The predicted octanol–water partition coefficient (Wildman–Crippen LogP) is 0.937. The Hall–Kier alpha value is -1.65. The number of hydrogen-bond donors (Lipinski definition) is 1. The van der Waals surface area contributed by atoms with Gasteiger partial charge in [0.1, 0.15) is 11.3 Å². The van der Waals surface area contributed by atoms with Gasteiger partial charge in [-0.05, 0) is 12.8 Å². The lowest BCUT2D eigenvalue weighted by molar-refractivity contribution is -0.137. The third-order valence-corrected chi connectivity index (χ3v) is 2.86. The van der Waals surface area contributed by atoms with Gasteiger partial charge in [-0.2, -0.15) is 0 Å². The minimum absolute atomic E-state index is 0.0366. The molecule has 1 N–H and O–H groups in total. The fraction of sp³-hybridized carbons (Fsp3) is 0.583. The molecule has 0 spiro atoms. The first-order chi connectivity index (χ1) is 7.88. The summed E-state index contributed by atoms with van der Waals surface area (Å²) in [5.41, 5.74) is -0.0366. The number of esters is 1. The van der Waals surface area contributed by atoms with E-state index in [1.165, 1.54) is 13.8 Å². The monoisotopic (exact) mass is 239 g/mol. The first-order valence-corrected chi connectivity index (χ1v) is 5.62. The van der Waals surface area contributed by atoms with Crippen LogP contribution in [-0.2, 0) is 19.1 Å². The molecule has 1 heterocycles. The van der Waals surface area contributed by atoms with Crippen LogP contribution in [0.2, 0.25) is 0 Å². The first-order valence-electron chi connectivity index (χ1n) is 5.62. The van der Waals surface area contributed by atoms with Gasteiger partial charge in [-0.15, -0.1) is 0 Å². The third kappa shape index (κ3) is 2.72. The molecular weight excluding hydrogens is 222 g/mol. The zero-order chi connectivity index (χ0) is 13.2. The Balaban J connectivity index is 3.15. The van der Waals surface area contributed by atoms with Gasteiger partial charge in [0, 0.05) is 6.92 Å². The Morgan fingerprint density at radius 1 is 1.41 bits per heavy atom. The highest BCUT2D eigenvalue weighted by Crippen LogP contribution is 2.26. The Morgan fingerprint density at radius 3 is 2.41 bits per heavy atom. The van der Waals surface area contributed by atoms with Gasteiger partial charge in [0.15, 0.2) is 5.78 Å². The number of ether oxygens (including phenoxy) is 1. The molecule has 1 aliphatic rings. The summed E-state index contributed by atoms with van der Waals surface area (Å²) in [5, 5.41) is 2.68. The smallest absolute Gasteiger partial charge is 0.307 e. The number of carbonyl (C=O) groups is 3. The maximum absolute atomic E-state index is 11.7. The number of Topliss-reactive ketones (excluding diaryl/α,β-unsaturated/α-hetero) is 1. The second kappa shape index (κ2) is 5.12. The number of rotatable bonds is 4. The van der Waals surface area contributed by atoms with Crippen LogP contribution < -0.4 is 5.32 Å². The third-order valence-electron chi connectivity index (χ3n) is 2.86. The van der Waals surface area contributed by atoms with E-state index in [1.54, 1.807) is 0 Å². The fourth-order valence-corrected chi connectivity index (χ4v) is 1.79. The quantitative estimate of drug-likeness (QED) is 0.585. The maximum Gasteiger partial charge on any atom is 0.307 e. The van der Waals surface area contributed by atoms with Crippen LogP contribution in [0.15, 0.2) is 11.3 Å². The van der Waals surface area contributed by atoms with Crippen molar-refractivity contribution in [2.75, 3.05) is 0 Å². The standard InChI is InChI=1S/C12H17NO4/c1-5-6(2)10-11(17-8(4)15)9(7(3)14)12(16)13-10/h6,10H,5H2,1-4H3,(H,13,16)/t6-,10-/m0/s1. The van der Waals surface area contributed by atoms with E-state index >= 15 is 0 Å². The van der Waals surface area contributed by atoms with Crippen molar-refractivity contribution in [1.82, 2.24) is 5.32 Å². The van der Waals surface area contributed by atoms with E-state index in [-0.39, 0.29) is 23.0 Å². The lowest BCUT2D eigenvalue weighted by Gasteiger charge is -2.20. The average molecular weight is 239 g/mol. The van der Waals surface area contributed by atoms with Gasteiger partial charge in [-0.1, -0.05) is 20.3 Å². The summed E-state index contributed by atoms with van der Waals surface area (Å²) in [6.45, 7) is 6.43. The zero-order valence-electron chi connectivity index (χ0n) is 10.5. The van der Waals surface area contributed by atoms with Crippen LogP contribution in [0.1, 0.15) is 34.1 Å². The predicted molar refractivity (Wildman–Crippen MR) is 60.9 cm³/mol. The molecule has 17 heavy (non-hydrogen) atoms. The van der Waals surface area contributed by atoms with Gasteiger partial charge in [-0.25, -0.2) is 0 Å². The van der Waals surface area contributed by atoms with Crippen molar-refractivity contribution in [2.24, 2.45) is 5.92 Å². The number of ketones is 1. The number of hydrogen-bond acceptors (Lipinski definition) is 4. The molecule has 1 aliphatic heterocycles. The van der Waals surface area contributed by atoms with E-state index in [1.807, 2.05) is 13.8 Å². The summed E-state index contributed by atoms with van der Waals surface area (Å²) in [4.78, 5) is 34.1. The highest BCUT2D eigenvalue weighted by Gasteiger charge is 2.38. The van der Waals surface area contributed by atoms with E-state index in [0.717, 1.165) is 6.42 Å². The molecule has 5 heteroatoms. The van der Waals surface area contributed by atoms with Gasteiger partial charge in [0.25, 0.3) is 5.91 Å². The molecule has 0 radical (unpaired) electrons. The van der Waals surface area contributed by atoms with Crippen LogP contribution in [-0.4, -0.2) is 23.7 Å². The van der Waals surface area contributed by atoms with Gasteiger partial charge < -0.3 is 10.1 Å². The maximum atomic E-state index is 11.7. The van der Waals surface area contributed by atoms with Gasteiger partial charge in [0.05, 0.1) is 6.04 Å². The van der Waals surface area contributed by atoms with Crippen LogP contribution in [0.3, 0.4) is 0 Å². The van der Waals surface area contributed by atoms with Gasteiger partial charge in [0.2, 0.25) is 0 Å². The molecule has 0 aromatic carbocycles. The molecule has 5 nitrogen and oxygen atoms in total. The molecule has 1 amide bonds. The summed E-state index contributed by atoms with van der Waals surface area (Å²) in [6.07, 6.45) is 0.806. The van der Waals surface area contributed by atoms with Crippen molar-refractivity contribution in [1.29, 1.82) is 0 Å². The van der Waals surface area contributed by atoms with Crippen LogP contribution in [0.5, 0.6) is 0 Å². The van der Waals surface area contributed by atoms with E-state index in [9.17, 15) is 14.4 Å². The molecule has 0 aromatic rings. The highest BCUT2D eigenvalue weighted by atomic mass is 16.5. The minimum atomic E-state index is -0.524. The van der Waals surface area contributed by atoms with E-state index in [2.05, 4.69) is 5.32 Å². The van der Waals surface area contributed by atoms with Crippen molar-refractivity contribution < 1.29 is 19.1 Å². The Labute approximate surface area is 100 Å². The molecule has 2 atom stereocenters. The number of nitrogens with one attached hydrogen (secondary N) is 1.